The lowest BCUT2D eigenvalue weighted by molar-refractivity contribution is -0.145. The normalized spacial score (nSPS) is 37.7. The maximum Gasteiger partial charge on any atom is 0.192 e. The van der Waals surface area contributed by atoms with E-state index in [-0.39, 0.29) is 22.8 Å². The minimum absolute atomic E-state index is 0.167. The molecule has 134 valence electrons. The molecule has 0 bridgehead atoms. The fourth-order valence-electron chi connectivity index (χ4n) is 4.09. The van der Waals surface area contributed by atoms with Crippen LogP contribution in [0.15, 0.2) is 0 Å². The fraction of sp³-hybridized carbons (Fsp3) is 1.00. The molecule has 4 nitrogen and oxygen atoms in total. The monoisotopic (exact) mass is 341 g/mol. The molecular formula is C18H35NO3Si. The van der Waals surface area contributed by atoms with Crippen molar-refractivity contribution in [3.05, 3.63) is 0 Å². The minimum atomic E-state index is -1.71. The molecular weight excluding hydrogens is 306 g/mol. The zero-order valence-corrected chi connectivity index (χ0v) is 17.1. The van der Waals surface area contributed by atoms with E-state index in [1.807, 2.05) is 13.8 Å². The smallest absolute Gasteiger partial charge is 0.192 e. The predicted molar refractivity (Wildman–Crippen MR) is 95.1 cm³/mol. The predicted octanol–water partition coefficient (Wildman–Crippen LogP) is 3.77. The van der Waals surface area contributed by atoms with Crippen molar-refractivity contribution in [3.8, 4) is 0 Å². The van der Waals surface area contributed by atoms with Crippen LogP contribution in [-0.4, -0.2) is 56.4 Å². The highest BCUT2D eigenvalue weighted by Gasteiger charge is 2.55. The van der Waals surface area contributed by atoms with Crippen molar-refractivity contribution in [2.24, 2.45) is 0 Å². The molecule has 0 spiro atoms. The molecule has 0 unspecified atom stereocenters. The fourth-order valence-corrected chi connectivity index (χ4v) is 5.15. The van der Waals surface area contributed by atoms with Gasteiger partial charge in [-0.3, -0.25) is 4.90 Å². The van der Waals surface area contributed by atoms with Gasteiger partial charge in [0.1, 0.15) is 0 Å². The highest BCUT2D eigenvalue weighted by atomic mass is 28.4. The largest absolute Gasteiger partial charge is 0.415 e. The molecule has 0 aromatic rings. The number of hydrogen-bond acceptors (Lipinski definition) is 4. The summed E-state index contributed by atoms with van der Waals surface area (Å²) >= 11 is 0. The average Bonchev–Trinajstić information content (AvgIpc) is 2.90. The van der Waals surface area contributed by atoms with Crippen LogP contribution in [0.3, 0.4) is 0 Å². The molecule has 0 aliphatic carbocycles. The molecule has 3 atom stereocenters. The number of piperidine rings is 1. The second kappa shape index (κ2) is 5.53. The first-order valence-corrected chi connectivity index (χ1v) is 12.1. The molecule has 0 N–H and O–H groups in total. The Morgan fingerprint density at radius 3 is 2.48 bits per heavy atom. The molecule has 0 aromatic carbocycles. The first-order chi connectivity index (χ1) is 10.4. The third-order valence-electron chi connectivity index (χ3n) is 6.52. The van der Waals surface area contributed by atoms with Gasteiger partial charge in [-0.2, -0.15) is 0 Å². The Labute approximate surface area is 143 Å². The number of nitrogens with zero attached hydrogens (tertiary/aromatic N) is 1. The maximum absolute atomic E-state index is 6.64. The van der Waals surface area contributed by atoms with Gasteiger partial charge >= 0.3 is 0 Å². The van der Waals surface area contributed by atoms with Gasteiger partial charge < -0.3 is 13.9 Å². The van der Waals surface area contributed by atoms with Gasteiger partial charge in [-0.1, -0.05) is 20.8 Å². The molecule has 3 rings (SSSR count). The second-order valence-corrected chi connectivity index (χ2v) is 14.5. The van der Waals surface area contributed by atoms with Crippen molar-refractivity contribution in [1.29, 1.82) is 0 Å². The van der Waals surface area contributed by atoms with E-state index >= 15 is 0 Å². The molecule has 3 fully saturated rings. The van der Waals surface area contributed by atoms with E-state index in [1.165, 1.54) is 19.4 Å². The topological polar surface area (TPSA) is 30.9 Å². The van der Waals surface area contributed by atoms with Gasteiger partial charge in [-0.05, 0) is 57.8 Å². The van der Waals surface area contributed by atoms with E-state index in [4.69, 9.17) is 13.9 Å². The summed E-state index contributed by atoms with van der Waals surface area (Å²) in [6.45, 7) is 18.8. The third kappa shape index (κ3) is 3.27. The lowest BCUT2D eigenvalue weighted by atomic mass is 9.84. The maximum atomic E-state index is 6.64. The zero-order chi connectivity index (χ0) is 17.1. The van der Waals surface area contributed by atoms with Gasteiger partial charge in [0.15, 0.2) is 14.1 Å². The average molecular weight is 342 g/mol. The van der Waals surface area contributed by atoms with Crippen LogP contribution >= 0.6 is 0 Å². The van der Waals surface area contributed by atoms with Crippen molar-refractivity contribution in [2.75, 3.05) is 19.7 Å². The Balaban J connectivity index is 1.72. The van der Waals surface area contributed by atoms with E-state index in [0.29, 0.717) is 0 Å². The van der Waals surface area contributed by atoms with Gasteiger partial charge in [-0.25, -0.2) is 0 Å². The molecule has 5 heteroatoms. The Bertz CT molecular complexity index is 460. The van der Waals surface area contributed by atoms with Crippen LogP contribution in [0.5, 0.6) is 0 Å². The van der Waals surface area contributed by atoms with Crippen LogP contribution in [0.1, 0.15) is 53.9 Å². The molecule has 3 saturated heterocycles. The summed E-state index contributed by atoms with van der Waals surface area (Å²) in [5.74, 6) is -0.434. The van der Waals surface area contributed by atoms with Crippen LogP contribution in [0.4, 0.5) is 0 Å². The van der Waals surface area contributed by atoms with Crippen molar-refractivity contribution in [3.63, 3.8) is 0 Å². The van der Waals surface area contributed by atoms with E-state index in [1.54, 1.807) is 0 Å². The van der Waals surface area contributed by atoms with E-state index in [2.05, 4.69) is 38.8 Å². The summed E-state index contributed by atoms with van der Waals surface area (Å²) in [5, 5.41) is 0.263. The van der Waals surface area contributed by atoms with Crippen LogP contribution in [0.2, 0.25) is 18.1 Å². The van der Waals surface area contributed by atoms with Gasteiger partial charge in [0.05, 0.1) is 18.8 Å². The Morgan fingerprint density at radius 1 is 1.17 bits per heavy atom. The van der Waals surface area contributed by atoms with E-state index in [9.17, 15) is 0 Å². The molecule has 23 heavy (non-hydrogen) atoms. The molecule has 3 aliphatic rings. The first kappa shape index (κ1) is 17.9. The highest BCUT2D eigenvalue weighted by Crippen LogP contribution is 2.46. The standard InChI is InChI=1S/C18H35NO3Si/c1-16(2,3)23(6,7)20-13-18-9-8-10-19(18)12-15-14(11-18)21-17(4,5)22-15/h14-15H,8-13H2,1-7H3/t14-,15+,18+/m0/s1. The molecule has 0 radical (unpaired) electrons. The lowest BCUT2D eigenvalue weighted by Crippen LogP contribution is -2.60. The number of rotatable bonds is 3. The minimum Gasteiger partial charge on any atom is -0.415 e. The molecule has 0 saturated carbocycles. The van der Waals surface area contributed by atoms with E-state index < -0.39 is 14.1 Å². The van der Waals surface area contributed by atoms with Crippen molar-refractivity contribution in [1.82, 2.24) is 4.90 Å². The first-order valence-electron chi connectivity index (χ1n) is 9.19. The Hall–Kier alpha value is 0.0569. The summed E-state index contributed by atoms with van der Waals surface area (Å²) < 4.78 is 18.9. The van der Waals surface area contributed by atoms with Crippen LogP contribution in [0.25, 0.3) is 0 Å². The SMILES string of the molecule is CC1(C)O[C@H]2C[C@@]3(CO[Si](C)(C)C(C)(C)C)CCCN3C[C@H]2O1. The summed E-state index contributed by atoms with van der Waals surface area (Å²) in [7, 11) is -1.71. The number of fused-ring (bicyclic) bond motifs is 2. The molecule has 0 amide bonds. The molecule has 0 aromatic heterocycles. The van der Waals surface area contributed by atoms with Gasteiger partial charge in [0.25, 0.3) is 0 Å². The summed E-state index contributed by atoms with van der Waals surface area (Å²) in [5.41, 5.74) is 0.167. The third-order valence-corrected chi connectivity index (χ3v) is 11.0. The van der Waals surface area contributed by atoms with Gasteiger partial charge in [-0.15, -0.1) is 0 Å². The van der Waals surface area contributed by atoms with Crippen molar-refractivity contribution < 1.29 is 13.9 Å². The molecule has 3 aliphatic heterocycles. The quantitative estimate of drug-likeness (QED) is 0.731. The number of hydrogen-bond donors (Lipinski definition) is 0. The van der Waals surface area contributed by atoms with Gasteiger partial charge in [0, 0.05) is 12.1 Å². The number of ether oxygens (including phenoxy) is 2. The van der Waals surface area contributed by atoms with Crippen molar-refractivity contribution >= 4 is 8.32 Å². The second-order valence-electron chi connectivity index (χ2n) is 9.74. The van der Waals surface area contributed by atoms with Crippen LogP contribution in [0, 0.1) is 0 Å². The Kier molecular flexibility index (Phi) is 4.30. The lowest BCUT2D eigenvalue weighted by Gasteiger charge is -2.48. The molecule has 3 heterocycles. The Morgan fingerprint density at radius 2 is 1.83 bits per heavy atom. The van der Waals surface area contributed by atoms with Gasteiger partial charge in [0.2, 0.25) is 0 Å². The zero-order valence-electron chi connectivity index (χ0n) is 16.1. The van der Waals surface area contributed by atoms with Crippen LogP contribution in [-0.2, 0) is 13.9 Å². The highest BCUT2D eigenvalue weighted by molar-refractivity contribution is 6.74. The summed E-state index contributed by atoms with van der Waals surface area (Å²) in [4.78, 5) is 2.63. The van der Waals surface area contributed by atoms with Crippen molar-refractivity contribution in [2.45, 2.75) is 95.5 Å². The van der Waals surface area contributed by atoms with Crippen LogP contribution < -0.4 is 0 Å². The van der Waals surface area contributed by atoms with E-state index in [0.717, 1.165) is 19.6 Å². The summed E-state index contributed by atoms with van der Waals surface area (Å²) in [6, 6.07) is 0. The summed E-state index contributed by atoms with van der Waals surface area (Å²) in [6.07, 6.45) is 4.00.